The third-order valence-electron chi connectivity index (χ3n) is 11.0. The van der Waals surface area contributed by atoms with E-state index >= 15 is 0 Å². The van der Waals surface area contributed by atoms with Crippen molar-refractivity contribution in [3.05, 3.63) is 24.3 Å². The van der Waals surface area contributed by atoms with Crippen LogP contribution in [0.25, 0.3) is 0 Å². The molecule has 0 fully saturated rings. The van der Waals surface area contributed by atoms with Gasteiger partial charge in [-0.25, -0.2) is 0 Å². The van der Waals surface area contributed by atoms with Gasteiger partial charge >= 0.3 is 5.97 Å². The standard InChI is InChI=1S/C49H93NO5/c1-3-5-7-9-11-13-15-16-18-22-25-29-33-37-41-47(52)46(45-51)50-48(53)42-38-34-30-26-23-19-17-20-24-28-32-36-40-44-55-49(54)43-39-35-31-27-21-14-12-10-8-6-4-2/h10,12,37,41,46-47,51-52H,3-9,11,13-36,38-40,42-45H2,1-2H3,(H,50,53)/b12-10-,41-37+. The van der Waals surface area contributed by atoms with Crippen molar-refractivity contribution in [3.8, 4) is 0 Å². The van der Waals surface area contributed by atoms with E-state index in [0.29, 0.717) is 19.4 Å². The molecule has 55 heavy (non-hydrogen) atoms. The zero-order valence-corrected chi connectivity index (χ0v) is 36.7. The molecule has 6 nitrogen and oxygen atoms in total. The molecule has 0 radical (unpaired) electrons. The second kappa shape index (κ2) is 45.0. The van der Waals surface area contributed by atoms with E-state index in [9.17, 15) is 19.8 Å². The van der Waals surface area contributed by atoms with Crippen LogP contribution in [0.1, 0.15) is 251 Å². The highest BCUT2D eigenvalue weighted by molar-refractivity contribution is 5.76. The number of aliphatic hydroxyl groups excluding tert-OH is 2. The number of rotatable bonds is 44. The van der Waals surface area contributed by atoms with Gasteiger partial charge in [0.25, 0.3) is 0 Å². The number of ether oxygens (including phenoxy) is 1. The van der Waals surface area contributed by atoms with E-state index in [0.717, 1.165) is 57.8 Å². The summed E-state index contributed by atoms with van der Waals surface area (Å²) in [4.78, 5) is 24.4. The maximum absolute atomic E-state index is 12.4. The molecule has 0 aromatic rings. The van der Waals surface area contributed by atoms with Crippen LogP contribution in [-0.2, 0) is 14.3 Å². The Morgan fingerprint density at radius 2 is 0.873 bits per heavy atom. The molecule has 0 aliphatic rings. The lowest BCUT2D eigenvalue weighted by Gasteiger charge is -2.20. The molecule has 0 bridgehead atoms. The van der Waals surface area contributed by atoms with Gasteiger partial charge in [0.05, 0.1) is 25.4 Å². The zero-order chi connectivity index (χ0) is 40.1. The molecular formula is C49H93NO5. The van der Waals surface area contributed by atoms with Crippen molar-refractivity contribution in [2.24, 2.45) is 0 Å². The number of esters is 1. The van der Waals surface area contributed by atoms with Crippen LogP contribution in [-0.4, -0.2) is 47.4 Å². The highest BCUT2D eigenvalue weighted by Crippen LogP contribution is 2.15. The quantitative estimate of drug-likeness (QED) is 0.0325. The van der Waals surface area contributed by atoms with Gasteiger partial charge in [0.2, 0.25) is 5.91 Å². The van der Waals surface area contributed by atoms with E-state index in [4.69, 9.17) is 4.74 Å². The SMILES string of the molecule is CCCC/C=C\CCCCCCCC(=O)OCCCCCCCCCCCCCCCC(=O)NC(CO)C(O)/C=C/CCCCCCCCCCCCCC. The third-order valence-corrected chi connectivity index (χ3v) is 11.0. The summed E-state index contributed by atoms with van der Waals surface area (Å²) in [6.45, 7) is 4.82. The molecule has 1 amide bonds. The summed E-state index contributed by atoms with van der Waals surface area (Å²) in [7, 11) is 0. The van der Waals surface area contributed by atoms with Crippen molar-refractivity contribution >= 4 is 11.9 Å². The van der Waals surface area contributed by atoms with Crippen LogP contribution in [0.3, 0.4) is 0 Å². The molecule has 0 aromatic carbocycles. The predicted octanol–water partition coefficient (Wildman–Crippen LogP) is 14.0. The number of aliphatic hydroxyl groups is 2. The molecule has 0 aliphatic carbocycles. The Morgan fingerprint density at radius 3 is 1.35 bits per heavy atom. The van der Waals surface area contributed by atoms with Gasteiger partial charge in [-0.15, -0.1) is 0 Å². The lowest BCUT2D eigenvalue weighted by molar-refractivity contribution is -0.143. The normalized spacial score (nSPS) is 12.9. The van der Waals surface area contributed by atoms with Gasteiger partial charge in [0.15, 0.2) is 0 Å². The molecule has 0 saturated carbocycles. The van der Waals surface area contributed by atoms with Crippen LogP contribution in [0.4, 0.5) is 0 Å². The average Bonchev–Trinajstić information content (AvgIpc) is 3.18. The van der Waals surface area contributed by atoms with Crippen molar-refractivity contribution in [1.82, 2.24) is 5.32 Å². The first-order valence-corrected chi connectivity index (χ1v) is 24.1. The first-order chi connectivity index (χ1) is 27.0. The van der Waals surface area contributed by atoms with Crippen LogP contribution in [0.2, 0.25) is 0 Å². The summed E-state index contributed by atoms with van der Waals surface area (Å²) in [6, 6.07) is -0.636. The Hall–Kier alpha value is -1.66. The van der Waals surface area contributed by atoms with Crippen LogP contribution < -0.4 is 5.32 Å². The van der Waals surface area contributed by atoms with Crippen molar-refractivity contribution in [2.75, 3.05) is 13.2 Å². The topological polar surface area (TPSA) is 95.9 Å². The Bertz CT molecular complexity index is 858. The Morgan fingerprint density at radius 1 is 0.491 bits per heavy atom. The number of amides is 1. The summed E-state index contributed by atoms with van der Waals surface area (Å²) in [5, 5.41) is 23.0. The molecule has 324 valence electrons. The second-order valence-electron chi connectivity index (χ2n) is 16.4. The molecule has 3 N–H and O–H groups in total. The minimum absolute atomic E-state index is 0.0185. The molecule has 2 unspecified atom stereocenters. The van der Waals surface area contributed by atoms with Crippen molar-refractivity contribution in [2.45, 2.75) is 264 Å². The minimum Gasteiger partial charge on any atom is -0.466 e. The van der Waals surface area contributed by atoms with Gasteiger partial charge < -0.3 is 20.3 Å². The number of unbranched alkanes of at least 4 members (excludes halogenated alkanes) is 31. The Kier molecular flexibility index (Phi) is 43.7. The number of allylic oxidation sites excluding steroid dienone is 3. The summed E-state index contributed by atoms with van der Waals surface area (Å²) in [5.41, 5.74) is 0. The van der Waals surface area contributed by atoms with Gasteiger partial charge in [-0.05, 0) is 51.4 Å². The third kappa shape index (κ3) is 41.8. The van der Waals surface area contributed by atoms with Crippen LogP contribution in [0.5, 0.6) is 0 Å². The Labute approximate surface area is 341 Å². The van der Waals surface area contributed by atoms with E-state index in [1.807, 2.05) is 6.08 Å². The molecule has 6 heteroatoms. The first kappa shape index (κ1) is 53.3. The predicted molar refractivity (Wildman–Crippen MR) is 236 cm³/mol. The molecule has 0 aliphatic heterocycles. The highest BCUT2D eigenvalue weighted by atomic mass is 16.5. The molecule has 0 aromatic heterocycles. The fourth-order valence-corrected chi connectivity index (χ4v) is 7.20. The average molecular weight is 776 g/mol. The second-order valence-corrected chi connectivity index (χ2v) is 16.4. The fraction of sp³-hybridized carbons (Fsp3) is 0.878. The minimum atomic E-state index is -0.852. The van der Waals surface area contributed by atoms with E-state index in [1.165, 1.54) is 167 Å². The van der Waals surface area contributed by atoms with Gasteiger partial charge in [-0.2, -0.15) is 0 Å². The number of hydrogen-bond acceptors (Lipinski definition) is 5. The number of hydrogen-bond donors (Lipinski definition) is 3. The summed E-state index contributed by atoms with van der Waals surface area (Å²) >= 11 is 0. The molecule has 0 saturated heterocycles. The van der Waals surface area contributed by atoms with Gasteiger partial charge in [0.1, 0.15) is 0 Å². The van der Waals surface area contributed by atoms with Crippen LogP contribution in [0, 0.1) is 0 Å². The van der Waals surface area contributed by atoms with E-state index < -0.39 is 12.1 Å². The van der Waals surface area contributed by atoms with Crippen molar-refractivity contribution in [3.63, 3.8) is 0 Å². The Balaban J connectivity index is 3.51. The van der Waals surface area contributed by atoms with Gasteiger partial charge in [-0.3, -0.25) is 9.59 Å². The van der Waals surface area contributed by atoms with Crippen LogP contribution >= 0.6 is 0 Å². The van der Waals surface area contributed by atoms with Gasteiger partial charge in [-0.1, -0.05) is 212 Å². The maximum Gasteiger partial charge on any atom is 0.305 e. The molecular weight excluding hydrogens is 683 g/mol. The maximum atomic E-state index is 12.4. The lowest BCUT2D eigenvalue weighted by Crippen LogP contribution is -2.45. The largest absolute Gasteiger partial charge is 0.466 e. The summed E-state index contributed by atoms with van der Waals surface area (Å²) < 4.78 is 5.43. The van der Waals surface area contributed by atoms with Crippen molar-refractivity contribution < 1.29 is 24.5 Å². The monoisotopic (exact) mass is 776 g/mol. The summed E-state index contributed by atoms with van der Waals surface area (Å²) in [5.74, 6) is -0.100. The fourth-order valence-electron chi connectivity index (χ4n) is 7.20. The van der Waals surface area contributed by atoms with Crippen LogP contribution in [0.15, 0.2) is 24.3 Å². The molecule has 0 heterocycles. The smallest absolute Gasteiger partial charge is 0.305 e. The van der Waals surface area contributed by atoms with E-state index in [1.54, 1.807) is 6.08 Å². The number of carbonyl (C=O) groups is 2. The molecule has 0 spiro atoms. The molecule has 0 rings (SSSR count). The first-order valence-electron chi connectivity index (χ1n) is 24.1. The van der Waals surface area contributed by atoms with E-state index in [-0.39, 0.29) is 18.5 Å². The number of carbonyl (C=O) groups excluding carboxylic acids is 2. The highest BCUT2D eigenvalue weighted by Gasteiger charge is 2.18. The van der Waals surface area contributed by atoms with E-state index in [2.05, 4.69) is 31.3 Å². The zero-order valence-electron chi connectivity index (χ0n) is 36.7. The van der Waals surface area contributed by atoms with Crippen molar-refractivity contribution in [1.29, 1.82) is 0 Å². The lowest BCUT2D eigenvalue weighted by atomic mass is 10.0. The molecule has 2 atom stereocenters. The van der Waals surface area contributed by atoms with Gasteiger partial charge in [0, 0.05) is 12.8 Å². The summed E-state index contributed by atoms with van der Waals surface area (Å²) in [6.07, 6.45) is 51.6. The number of nitrogens with one attached hydrogen (secondary N) is 1.